The van der Waals surface area contributed by atoms with Gasteiger partial charge in [-0.1, -0.05) is 18.2 Å². The molecule has 0 spiro atoms. The standard InChI is InChI=1S/C17H17N3OS/c21-12-5-3-9-20(11-12)17-13-6-1-2-7-14(13)18-16(19-17)15-8-4-10-22-15/h1-2,4,6-8,10,12,21H,3,5,9,11H2. The highest BCUT2D eigenvalue weighted by Crippen LogP contribution is 2.30. The lowest BCUT2D eigenvalue weighted by Gasteiger charge is -2.31. The minimum absolute atomic E-state index is 0.271. The maximum atomic E-state index is 9.98. The van der Waals surface area contributed by atoms with Crippen LogP contribution in [0.2, 0.25) is 0 Å². The quantitative estimate of drug-likeness (QED) is 0.789. The summed E-state index contributed by atoms with van der Waals surface area (Å²) in [7, 11) is 0. The molecule has 1 saturated heterocycles. The van der Waals surface area contributed by atoms with E-state index in [2.05, 4.69) is 11.0 Å². The molecule has 5 heteroatoms. The van der Waals surface area contributed by atoms with Gasteiger partial charge in [0.15, 0.2) is 5.82 Å². The first-order valence-electron chi connectivity index (χ1n) is 7.55. The van der Waals surface area contributed by atoms with Crippen LogP contribution < -0.4 is 4.90 Å². The van der Waals surface area contributed by atoms with Crippen molar-refractivity contribution in [2.24, 2.45) is 0 Å². The highest BCUT2D eigenvalue weighted by atomic mass is 32.1. The van der Waals surface area contributed by atoms with Gasteiger partial charge < -0.3 is 10.0 Å². The number of nitrogens with zero attached hydrogens (tertiary/aromatic N) is 3. The van der Waals surface area contributed by atoms with E-state index in [0.29, 0.717) is 6.54 Å². The number of anilines is 1. The molecule has 1 atom stereocenters. The van der Waals surface area contributed by atoms with Crippen molar-refractivity contribution in [1.29, 1.82) is 0 Å². The van der Waals surface area contributed by atoms with Gasteiger partial charge in [-0.25, -0.2) is 9.97 Å². The van der Waals surface area contributed by atoms with Crippen molar-refractivity contribution >= 4 is 28.1 Å². The molecule has 0 amide bonds. The smallest absolute Gasteiger partial charge is 0.172 e. The van der Waals surface area contributed by atoms with E-state index >= 15 is 0 Å². The Morgan fingerprint density at radius 2 is 2.05 bits per heavy atom. The third-order valence-electron chi connectivity index (χ3n) is 4.02. The molecular formula is C17H17N3OS. The second kappa shape index (κ2) is 5.66. The summed E-state index contributed by atoms with van der Waals surface area (Å²) >= 11 is 1.65. The van der Waals surface area contributed by atoms with Gasteiger partial charge in [0.25, 0.3) is 0 Å². The van der Waals surface area contributed by atoms with Crippen LogP contribution in [0.5, 0.6) is 0 Å². The first-order valence-corrected chi connectivity index (χ1v) is 8.43. The molecular weight excluding hydrogens is 294 g/mol. The Morgan fingerprint density at radius 1 is 1.14 bits per heavy atom. The molecule has 112 valence electrons. The molecule has 0 saturated carbocycles. The van der Waals surface area contributed by atoms with Crippen molar-refractivity contribution in [2.45, 2.75) is 18.9 Å². The lowest BCUT2D eigenvalue weighted by atomic mass is 10.1. The van der Waals surface area contributed by atoms with Crippen LogP contribution in [0.3, 0.4) is 0 Å². The number of benzene rings is 1. The lowest BCUT2D eigenvalue weighted by molar-refractivity contribution is 0.154. The molecule has 1 aliphatic heterocycles. The Kier molecular flexibility index (Phi) is 3.52. The van der Waals surface area contributed by atoms with Crippen molar-refractivity contribution in [3.63, 3.8) is 0 Å². The Bertz CT molecular complexity index is 788. The van der Waals surface area contributed by atoms with Crippen molar-refractivity contribution in [3.8, 4) is 10.7 Å². The average molecular weight is 311 g/mol. The van der Waals surface area contributed by atoms with Crippen LogP contribution in [0.1, 0.15) is 12.8 Å². The van der Waals surface area contributed by atoms with Crippen LogP contribution >= 0.6 is 11.3 Å². The fraction of sp³-hybridized carbons (Fsp3) is 0.294. The molecule has 3 aromatic rings. The molecule has 4 rings (SSSR count). The highest BCUT2D eigenvalue weighted by molar-refractivity contribution is 7.13. The summed E-state index contributed by atoms with van der Waals surface area (Å²) in [6.07, 6.45) is 1.60. The number of rotatable bonds is 2. The first-order chi connectivity index (χ1) is 10.8. The number of hydrogen-bond acceptors (Lipinski definition) is 5. The van der Waals surface area contributed by atoms with E-state index in [0.717, 1.165) is 46.8 Å². The zero-order valence-corrected chi connectivity index (χ0v) is 13.0. The number of piperidine rings is 1. The molecule has 0 aliphatic carbocycles. The largest absolute Gasteiger partial charge is 0.391 e. The monoisotopic (exact) mass is 311 g/mol. The number of para-hydroxylation sites is 1. The molecule has 1 fully saturated rings. The summed E-state index contributed by atoms with van der Waals surface area (Å²) in [5.41, 5.74) is 0.955. The van der Waals surface area contributed by atoms with Gasteiger partial charge in [0.2, 0.25) is 0 Å². The zero-order valence-electron chi connectivity index (χ0n) is 12.1. The minimum Gasteiger partial charge on any atom is -0.391 e. The van der Waals surface area contributed by atoms with E-state index in [9.17, 15) is 5.11 Å². The molecule has 1 aliphatic rings. The molecule has 1 aromatic carbocycles. The molecule has 0 bridgehead atoms. The van der Waals surface area contributed by atoms with Gasteiger partial charge >= 0.3 is 0 Å². The Labute approximate surface area is 133 Å². The van der Waals surface area contributed by atoms with Gasteiger partial charge in [-0.3, -0.25) is 0 Å². The van der Waals surface area contributed by atoms with Gasteiger partial charge in [-0.2, -0.15) is 0 Å². The molecule has 1 unspecified atom stereocenters. The third kappa shape index (κ3) is 2.46. The van der Waals surface area contributed by atoms with Crippen LogP contribution in [0.25, 0.3) is 21.6 Å². The Hall–Kier alpha value is -1.98. The molecule has 1 N–H and O–H groups in total. The van der Waals surface area contributed by atoms with Crippen molar-refractivity contribution in [2.75, 3.05) is 18.0 Å². The highest BCUT2D eigenvalue weighted by Gasteiger charge is 2.22. The summed E-state index contributed by atoms with van der Waals surface area (Å²) in [4.78, 5) is 12.8. The van der Waals surface area contributed by atoms with Crippen LogP contribution in [0.4, 0.5) is 5.82 Å². The number of aliphatic hydroxyl groups is 1. The molecule has 3 heterocycles. The molecule has 4 nitrogen and oxygen atoms in total. The number of fused-ring (bicyclic) bond motifs is 1. The van der Waals surface area contributed by atoms with Gasteiger partial charge in [0.1, 0.15) is 5.82 Å². The normalized spacial score (nSPS) is 18.8. The average Bonchev–Trinajstić information content (AvgIpc) is 3.08. The minimum atomic E-state index is -0.271. The Morgan fingerprint density at radius 3 is 2.86 bits per heavy atom. The summed E-state index contributed by atoms with van der Waals surface area (Å²) in [5.74, 6) is 1.71. The second-order valence-corrected chi connectivity index (χ2v) is 6.56. The topological polar surface area (TPSA) is 49.2 Å². The van der Waals surface area contributed by atoms with Crippen molar-refractivity contribution < 1.29 is 5.11 Å². The number of thiophene rings is 1. The molecule has 22 heavy (non-hydrogen) atoms. The maximum Gasteiger partial charge on any atom is 0.172 e. The van der Waals surface area contributed by atoms with E-state index in [4.69, 9.17) is 9.97 Å². The number of aliphatic hydroxyl groups excluding tert-OH is 1. The Balaban J connectivity index is 1.87. The fourth-order valence-corrected chi connectivity index (χ4v) is 3.62. The first kappa shape index (κ1) is 13.7. The van der Waals surface area contributed by atoms with Crippen LogP contribution in [-0.4, -0.2) is 34.3 Å². The van der Waals surface area contributed by atoms with Crippen molar-refractivity contribution in [1.82, 2.24) is 9.97 Å². The van der Waals surface area contributed by atoms with Gasteiger partial charge in [-0.15, -0.1) is 11.3 Å². The number of β-amino-alcohol motifs (C(OH)–C–C–N with tert-alkyl or cyclic N) is 1. The number of hydrogen-bond donors (Lipinski definition) is 1. The van der Waals surface area contributed by atoms with Gasteiger partial charge in [0, 0.05) is 18.5 Å². The zero-order chi connectivity index (χ0) is 14.9. The summed E-state index contributed by atoms with van der Waals surface area (Å²) in [6.45, 7) is 1.58. The molecule has 0 radical (unpaired) electrons. The van der Waals surface area contributed by atoms with E-state index in [1.807, 2.05) is 35.7 Å². The van der Waals surface area contributed by atoms with E-state index in [-0.39, 0.29) is 6.10 Å². The third-order valence-corrected chi connectivity index (χ3v) is 4.89. The maximum absolute atomic E-state index is 9.98. The van der Waals surface area contributed by atoms with Crippen LogP contribution in [-0.2, 0) is 0 Å². The van der Waals surface area contributed by atoms with Gasteiger partial charge in [-0.05, 0) is 36.4 Å². The van der Waals surface area contributed by atoms with E-state index in [1.165, 1.54) is 0 Å². The van der Waals surface area contributed by atoms with Crippen molar-refractivity contribution in [3.05, 3.63) is 41.8 Å². The van der Waals surface area contributed by atoms with Gasteiger partial charge in [0.05, 0.1) is 16.5 Å². The summed E-state index contributed by atoms with van der Waals surface area (Å²) in [5, 5.41) is 13.1. The SMILES string of the molecule is OC1CCCN(c2nc(-c3cccs3)nc3ccccc23)C1. The van der Waals surface area contributed by atoms with Crippen LogP contribution in [0.15, 0.2) is 41.8 Å². The summed E-state index contributed by atoms with van der Waals surface area (Å²) < 4.78 is 0. The number of aromatic nitrogens is 2. The second-order valence-electron chi connectivity index (χ2n) is 5.61. The predicted octanol–water partition coefficient (Wildman–Crippen LogP) is 3.32. The summed E-state index contributed by atoms with van der Waals surface area (Å²) in [6, 6.07) is 12.2. The van der Waals surface area contributed by atoms with Crippen LogP contribution in [0, 0.1) is 0 Å². The van der Waals surface area contributed by atoms with E-state index in [1.54, 1.807) is 11.3 Å². The lowest BCUT2D eigenvalue weighted by Crippen LogP contribution is -2.38. The fourth-order valence-electron chi connectivity index (χ4n) is 2.96. The molecule has 2 aromatic heterocycles. The predicted molar refractivity (Wildman–Crippen MR) is 90.3 cm³/mol. The van der Waals surface area contributed by atoms with E-state index < -0.39 is 0 Å².